The van der Waals surface area contributed by atoms with Gasteiger partial charge in [-0.05, 0) is 62.7 Å². The number of nitrogens with one attached hydrogen (secondary N) is 1. The first kappa shape index (κ1) is 15.2. The third-order valence-electron chi connectivity index (χ3n) is 2.92. The molecule has 0 fully saturated rings. The Bertz CT molecular complexity index is 549. The highest BCUT2D eigenvalue weighted by molar-refractivity contribution is 5.46. The number of anilines is 1. The van der Waals surface area contributed by atoms with Crippen LogP contribution < -0.4 is 14.8 Å². The van der Waals surface area contributed by atoms with Gasteiger partial charge >= 0.3 is 0 Å². The van der Waals surface area contributed by atoms with Gasteiger partial charge in [0.1, 0.15) is 18.1 Å². The normalized spacial score (nSPS) is 10.5. The molecule has 0 bridgehead atoms. The predicted molar refractivity (Wildman–Crippen MR) is 87.4 cm³/mol. The van der Waals surface area contributed by atoms with Crippen molar-refractivity contribution < 1.29 is 9.47 Å². The Hall–Kier alpha value is -2.16. The molecular weight excluding hydrogens is 262 g/mol. The van der Waals surface area contributed by atoms with Gasteiger partial charge in [0.05, 0.1) is 6.10 Å². The van der Waals surface area contributed by atoms with Gasteiger partial charge in [0.15, 0.2) is 0 Å². The topological polar surface area (TPSA) is 30.5 Å². The number of ether oxygens (including phenoxy) is 2. The lowest BCUT2D eigenvalue weighted by molar-refractivity contribution is 0.242. The average Bonchev–Trinajstić information content (AvgIpc) is 2.45. The predicted octanol–water partition coefficient (Wildman–Crippen LogP) is 4.27. The van der Waals surface area contributed by atoms with Crippen LogP contribution in [0.3, 0.4) is 0 Å². The lowest BCUT2D eigenvalue weighted by Crippen LogP contribution is -2.11. The summed E-state index contributed by atoms with van der Waals surface area (Å²) < 4.78 is 11.3. The van der Waals surface area contributed by atoms with E-state index < -0.39 is 0 Å². The fourth-order valence-electron chi connectivity index (χ4n) is 1.99. The van der Waals surface area contributed by atoms with Crippen molar-refractivity contribution >= 4 is 5.69 Å². The Morgan fingerprint density at radius 3 is 2.43 bits per heavy atom. The van der Waals surface area contributed by atoms with Gasteiger partial charge in [-0.25, -0.2) is 0 Å². The molecule has 2 aromatic carbocycles. The molecule has 112 valence electrons. The Morgan fingerprint density at radius 1 is 1.00 bits per heavy atom. The second kappa shape index (κ2) is 7.58. The fourth-order valence-corrected chi connectivity index (χ4v) is 1.99. The van der Waals surface area contributed by atoms with Crippen LogP contribution in [0, 0.1) is 6.92 Å². The van der Waals surface area contributed by atoms with Gasteiger partial charge in [-0.3, -0.25) is 0 Å². The molecule has 0 aliphatic heterocycles. The van der Waals surface area contributed by atoms with Crippen molar-refractivity contribution in [2.24, 2.45) is 0 Å². The highest BCUT2D eigenvalue weighted by Crippen LogP contribution is 2.17. The van der Waals surface area contributed by atoms with E-state index in [0.29, 0.717) is 6.61 Å². The number of hydrogen-bond donors (Lipinski definition) is 1. The first-order valence-corrected chi connectivity index (χ1v) is 7.33. The summed E-state index contributed by atoms with van der Waals surface area (Å²) in [7, 11) is 0. The van der Waals surface area contributed by atoms with Gasteiger partial charge in [-0.1, -0.05) is 12.1 Å². The van der Waals surface area contributed by atoms with Gasteiger partial charge in [-0.15, -0.1) is 0 Å². The molecule has 0 radical (unpaired) electrons. The van der Waals surface area contributed by atoms with Crippen molar-refractivity contribution in [3.05, 3.63) is 54.1 Å². The molecule has 3 heteroatoms. The van der Waals surface area contributed by atoms with Crippen LogP contribution in [0.25, 0.3) is 0 Å². The molecule has 0 aliphatic carbocycles. The molecule has 0 saturated heterocycles. The van der Waals surface area contributed by atoms with Crippen molar-refractivity contribution in [2.45, 2.75) is 26.9 Å². The van der Waals surface area contributed by atoms with Crippen molar-refractivity contribution in [1.29, 1.82) is 0 Å². The highest BCUT2D eigenvalue weighted by atomic mass is 16.5. The lowest BCUT2D eigenvalue weighted by Gasteiger charge is -2.11. The molecule has 2 rings (SSSR count). The van der Waals surface area contributed by atoms with E-state index >= 15 is 0 Å². The number of aryl methyl sites for hydroxylation is 1. The summed E-state index contributed by atoms with van der Waals surface area (Å²) in [5.41, 5.74) is 2.28. The summed E-state index contributed by atoms with van der Waals surface area (Å²) in [6.45, 7) is 7.50. The molecular formula is C18H23NO2. The van der Waals surface area contributed by atoms with Crippen LogP contribution in [0.2, 0.25) is 0 Å². The van der Waals surface area contributed by atoms with E-state index in [4.69, 9.17) is 9.47 Å². The van der Waals surface area contributed by atoms with Gasteiger partial charge < -0.3 is 14.8 Å². The first-order valence-electron chi connectivity index (χ1n) is 7.33. The van der Waals surface area contributed by atoms with E-state index in [0.717, 1.165) is 23.7 Å². The van der Waals surface area contributed by atoms with Crippen LogP contribution in [0.15, 0.2) is 48.5 Å². The second-order valence-corrected chi connectivity index (χ2v) is 5.28. The highest BCUT2D eigenvalue weighted by Gasteiger charge is 1.98. The summed E-state index contributed by atoms with van der Waals surface area (Å²) in [5.74, 6) is 1.81. The van der Waals surface area contributed by atoms with Crippen LogP contribution in [0.5, 0.6) is 11.5 Å². The Morgan fingerprint density at radius 2 is 1.76 bits per heavy atom. The number of benzene rings is 2. The summed E-state index contributed by atoms with van der Waals surface area (Å²) in [4.78, 5) is 0. The molecule has 0 atom stereocenters. The molecule has 3 nitrogen and oxygen atoms in total. The van der Waals surface area contributed by atoms with Crippen LogP contribution in [-0.2, 0) is 0 Å². The van der Waals surface area contributed by atoms with Gasteiger partial charge in [0.25, 0.3) is 0 Å². The Kier molecular flexibility index (Phi) is 5.50. The van der Waals surface area contributed by atoms with Gasteiger partial charge in [0.2, 0.25) is 0 Å². The zero-order chi connectivity index (χ0) is 15.1. The molecule has 21 heavy (non-hydrogen) atoms. The van der Waals surface area contributed by atoms with E-state index in [1.165, 1.54) is 5.56 Å². The minimum Gasteiger partial charge on any atom is -0.492 e. The van der Waals surface area contributed by atoms with E-state index in [9.17, 15) is 0 Å². The third-order valence-corrected chi connectivity index (χ3v) is 2.92. The first-order chi connectivity index (χ1) is 10.1. The Balaban J connectivity index is 1.73. The molecule has 0 aromatic heterocycles. The van der Waals surface area contributed by atoms with Crippen LogP contribution in [0.4, 0.5) is 5.69 Å². The summed E-state index contributed by atoms with van der Waals surface area (Å²) >= 11 is 0. The van der Waals surface area contributed by atoms with Crippen molar-refractivity contribution in [1.82, 2.24) is 0 Å². The molecule has 0 spiro atoms. The second-order valence-electron chi connectivity index (χ2n) is 5.28. The Labute approximate surface area is 126 Å². The maximum atomic E-state index is 5.70. The summed E-state index contributed by atoms with van der Waals surface area (Å²) in [6, 6.07) is 16.1. The molecule has 0 amide bonds. The SMILES string of the molecule is Cc1cccc(OCCNc2ccc(OC(C)C)cc2)c1. The van der Waals surface area contributed by atoms with E-state index in [1.54, 1.807) is 0 Å². The van der Waals surface area contributed by atoms with Crippen LogP contribution in [0.1, 0.15) is 19.4 Å². The van der Waals surface area contributed by atoms with E-state index in [1.807, 2.05) is 56.3 Å². The quantitative estimate of drug-likeness (QED) is 0.770. The van der Waals surface area contributed by atoms with Gasteiger partial charge in [0, 0.05) is 12.2 Å². The summed E-state index contributed by atoms with van der Waals surface area (Å²) in [5, 5.41) is 3.33. The molecule has 1 N–H and O–H groups in total. The third kappa shape index (κ3) is 5.38. The van der Waals surface area contributed by atoms with Crippen LogP contribution in [-0.4, -0.2) is 19.3 Å². The average molecular weight is 285 g/mol. The van der Waals surface area contributed by atoms with Crippen molar-refractivity contribution in [3.63, 3.8) is 0 Å². The number of rotatable bonds is 7. The standard InChI is InChI=1S/C18H23NO2/c1-14(2)21-17-9-7-16(8-10-17)19-11-12-20-18-6-4-5-15(3)13-18/h4-10,13-14,19H,11-12H2,1-3H3. The van der Waals surface area contributed by atoms with Crippen molar-refractivity contribution in [2.75, 3.05) is 18.5 Å². The van der Waals surface area contributed by atoms with E-state index in [2.05, 4.69) is 18.3 Å². The maximum absolute atomic E-state index is 5.70. The maximum Gasteiger partial charge on any atom is 0.119 e. The largest absolute Gasteiger partial charge is 0.492 e. The van der Waals surface area contributed by atoms with Crippen molar-refractivity contribution in [3.8, 4) is 11.5 Å². The molecule has 2 aromatic rings. The fraction of sp³-hybridized carbons (Fsp3) is 0.333. The molecule has 0 heterocycles. The van der Waals surface area contributed by atoms with Gasteiger partial charge in [-0.2, -0.15) is 0 Å². The molecule has 0 unspecified atom stereocenters. The minimum absolute atomic E-state index is 0.200. The van der Waals surface area contributed by atoms with E-state index in [-0.39, 0.29) is 6.10 Å². The lowest BCUT2D eigenvalue weighted by atomic mass is 10.2. The zero-order valence-electron chi connectivity index (χ0n) is 12.9. The smallest absolute Gasteiger partial charge is 0.119 e. The monoisotopic (exact) mass is 285 g/mol. The minimum atomic E-state index is 0.200. The zero-order valence-corrected chi connectivity index (χ0v) is 12.9. The number of hydrogen-bond acceptors (Lipinski definition) is 3. The summed E-state index contributed by atoms with van der Waals surface area (Å²) in [6.07, 6.45) is 0.200. The molecule has 0 saturated carbocycles. The van der Waals surface area contributed by atoms with Crippen LogP contribution >= 0.6 is 0 Å². The molecule has 0 aliphatic rings.